The van der Waals surface area contributed by atoms with Gasteiger partial charge >= 0.3 is 6.29 Å². The van der Waals surface area contributed by atoms with Crippen LogP contribution in [0.3, 0.4) is 0 Å². The standard InChI is InChI=1S/C20H26F2N4O5S/c1-11(2)13-9-15-19(31-20(21,22)30-15)18(12(3)4)14(13)10-16(28)25-32(23,29)17-5-6-26(24-17)7-8-27/h5-6,9,11-12,27H,7-8,10H2,1-4H3,(H2,23,25,28,29)/t32-/m1/s1. The number of fused-ring (bicyclic) bond motifs is 1. The molecular formula is C20H26F2N4O5S. The van der Waals surface area contributed by atoms with E-state index in [2.05, 4.69) is 14.2 Å². The molecule has 12 heteroatoms. The van der Waals surface area contributed by atoms with Gasteiger partial charge in [0, 0.05) is 11.8 Å². The lowest BCUT2D eigenvalue weighted by Crippen LogP contribution is -2.26. The number of nitrogens with zero attached hydrogens (tertiary/aromatic N) is 3. The molecule has 0 unspecified atom stereocenters. The Kier molecular flexibility index (Phi) is 6.59. The van der Waals surface area contributed by atoms with E-state index < -0.39 is 22.1 Å². The third-order valence-electron chi connectivity index (χ3n) is 4.89. The number of alkyl halides is 2. The van der Waals surface area contributed by atoms with Gasteiger partial charge in [0.2, 0.25) is 0 Å². The Morgan fingerprint density at radius 2 is 2.00 bits per heavy atom. The zero-order valence-corrected chi connectivity index (χ0v) is 19.0. The van der Waals surface area contributed by atoms with Crippen molar-refractivity contribution in [2.45, 2.75) is 63.8 Å². The Hall–Kier alpha value is -2.57. The van der Waals surface area contributed by atoms with Crippen LogP contribution in [0, 0.1) is 0 Å². The second-order valence-corrected chi connectivity index (χ2v) is 9.77. The number of ether oxygens (including phenoxy) is 2. The van der Waals surface area contributed by atoms with Gasteiger partial charge in [0.05, 0.1) is 19.6 Å². The molecule has 1 aromatic heterocycles. The molecule has 9 nitrogen and oxygen atoms in total. The van der Waals surface area contributed by atoms with Crippen LogP contribution in [0.2, 0.25) is 0 Å². The molecule has 3 N–H and O–H groups in total. The number of aliphatic hydroxyl groups excluding tert-OH is 1. The zero-order chi connectivity index (χ0) is 23.8. The molecular weight excluding hydrogens is 446 g/mol. The minimum Gasteiger partial charge on any atom is -0.395 e. The van der Waals surface area contributed by atoms with Crippen LogP contribution < -0.4 is 14.6 Å². The van der Waals surface area contributed by atoms with E-state index in [0.29, 0.717) is 16.7 Å². The van der Waals surface area contributed by atoms with Crippen molar-refractivity contribution >= 4 is 15.8 Å². The summed E-state index contributed by atoms with van der Waals surface area (Å²) in [7, 11) is -3.64. The van der Waals surface area contributed by atoms with Crippen molar-refractivity contribution in [1.29, 1.82) is 0 Å². The second-order valence-electron chi connectivity index (χ2n) is 8.03. The number of carbonyl (C=O) groups is 1. The second kappa shape index (κ2) is 8.75. The van der Waals surface area contributed by atoms with Gasteiger partial charge in [-0.15, -0.1) is 13.1 Å². The van der Waals surface area contributed by atoms with Crippen molar-refractivity contribution in [3.05, 3.63) is 35.0 Å². The van der Waals surface area contributed by atoms with Gasteiger partial charge < -0.3 is 14.6 Å². The van der Waals surface area contributed by atoms with Gasteiger partial charge in [-0.05, 0) is 35.1 Å². The van der Waals surface area contributed by atoms with E-state index in [0.717, 1.165) is 0 Å². The fraction of sp³-hybridized carbons (Fsp3) is 0.500. The van der Waals surface area contributed by atoms with Crippen LogP contribution in [0.1, 0.15) is 56.2 Å². The minimum absolute atomic E-state index is 0.0902. The van der Waals surface area contributed by atoms with Gasteiger partial charge in [-0.25, -0.2) is 9.35 Å². The van der Waals surface area contributed by atoms with E-state index in [1.807, 2.05) is 13.8 Å². The van der Waals surface area contributed by atoms with Gasteiger partial charge in [-0.2, -0.15) is 5.10 Å². The fourth-order valence-electron chi connectivity index (χ4n) is 3.60. The average molecular weight is 473 g/mol. The monoisotopic (exact) mass is 472 g/mol. The van der Waals surface area contributed by atoms with Crippen LogP contribution in [0.15, 0.2) is 27.7 Å². The molecule has 1 atom stereocenters. The van der Waals surface area contributed by atoms with Crippen molar-refractivity contribution in [3.63, 3.8) is 0 Å². The highest BCUT2D eigenvalue weighted by molar-refractivity contribution is 7.91. The first-order valence-electron chi connectivity index (χ1n) is 10.0. The molecule has 0 spiro atoms. The van der Waals surface area contributed by atoms with E-state index in [4.69, 9.17) is 15.0 Å². The lowest BCUT2D eigenvalue weighted by atomic mass is 9.86. The summed E-state index contributed by atoms with van der Waals surface area (Å²) in [6.45, 7) is 7.26. The normalized spacial score (nSPS) is 16.4. The summed E-state index contributed by atoms with van der Waals surface area (Å²) in [5.41, 5.74) is 1.49. The van der Waals surface area contributed by atoms with Crippen LogP contribution in [-0.4, -0.2) is 37.9 Å². The molecule has 0 saturated carbocycles. The first-order valence-corrected chi connectivity index (χ1v) is 11.6. The molecule has 1 amide bonds. The first-order chi connectivity index (χ1) is 14.8. The van der Waals surface area contributed by atoms with Gasteiger partial charge in [0.1, 0.15) is 0 Å². The quantitative estimate of drug-likeness (QED) is 0.638. The molecule has 176 valence electrons. The van der Waals surface area contributed by atoms with E-state index >= 15 is 0 Å². The molecule has 0 fully saturated rings. The van der Waals surface area contributed by atoms with Gasteiger partial charge in [-0.3, -0.25) is 9.48 Å². The lowest BCUT2D eigenvalue weighted by molar-refractivity contribution is -0.287. The zero-order valence-electron chi connectivity index (χ0n) is 18.2. The first kappa shape index (κ1) is 24.1. The summed E-state index contributed by atoms with van der Waals surface area (Å²) in [4.78, 5) is 12.8. The predicted molar refractivity (Wildman–Crippen MR) is 112 cm³/mol. The summed E-state index contributed by atoms with van der Waals surface area (Å²) in [5, 5.41) is 18.6. The Morgan fingerprint density at radius 3 is 2.59 bits per heavy atom. The number of aromatic nitrogens is 2. The average Bonchev–Trinajstić information content (AvgIpc) is 3.23. The Balaban J connectivity index is 2.03. The summed E-state index contributed by atoms with van der Waals surface area (Å²) in [6, 6.07) is 2.79. The number of rotatable bonds is 7. The Bertz CT molecular complexity index is 1150. The van der Waals surface area contributed by atoms with Crippen molar-refractivity contribution in [2.75, 3.05) is 6.61 Å². The molecule has 0 saturated heterocycles. The molecule has 32 heavy (non-hydrogen) atoms. The fourth-order valence-corrected chi connectivity index (χ4v) is 4.54. The summed E-state index contributed by atoms with van der Waals surface area (Å²) in [5.74, 6) is -1.40. The molecule has 0 bridgehead atoms. The molecule has 2 heterocycles. The molecule has 0 radical (unpaired) electrons. The minimum atomic E-state index is -3.80. The Morgan fingerprint density at radius 1 is 1.31 bits per heavy atom. The number of hydrogen-bond acceptors (Lipinski definition) is 6. The molecule has 1 aromatic carbocycles. The molecule has 1 aliphatic rings. The third kappa shape index (κ3) is 4.92. The van der Waals surface area contributed by atoms with Crippen LogP contribution in [0.4, 0.5) is 8.78 Å². The molecule has 0 aliphatic carbocycles. The maximum atomic E-state index is 13.8. The summed E-state index contributed by atoms with van der Waals surface area (Å²) < 4.78 is 54.7. The van der Waals surface area contributed by atoms with Crippen LogP contribution in [-0.2, 0) is 27.7 Å². The van der Waals surface area contributed by atoms with E-state index in [-0.39, 0.29) is 47.9 Å². The Labute approximate surface area is 184 Å². The maximum Gasteiger partial charge on any atom is 0.586 e. The summed E-state index contributed by atoms with van der Waals surface area (Å²) >= 11 is 0. The van der Waals surface area contributed by atoms with Gasteiger partial charge in [0.15, 0.2) is 26.4 Å². The highest BCUT2D eigenvalue weighted by Crippen LogP contribution is 2.49. The predicted octanol–water partition coefficient (Wildman–Crippen LogP) is 2.91. The maximum absolute atomic E-state index is 13.8. The van der Waals surface area contributed by atoms with Gasteiger partial charge in [0.25, 0.3) is 5.91 Å². The SMILES string of the molecule is CC(C)c1cc2c(c(C(C)C)c1CC(=O)N=[S@@](N)(=O)c1ccn(CCO)n1)OC(F)(F)O2. The van der Waals surface area contributed by atoms with Crippen LogP contribution >= 0.6 is 0 Å². The smallest absolute Gasteiger partial charge is 0.395 e. The van der Waals surface area contributed by atoms with Crippen molar-refractivity contribution in [2.24, 2.45) is 9.50 Å². The highest BCUT2D eigenvalue weighted by atomic mass is 32.2. The van der Waals surface area contributed by atoms with Crippen LogP contribution in [0.5, 0.6) is 11.5 Å². The number of aliphatic hydroxyl groups is 1. The number of amides is 1. The highest BCUT2D eigenvalue weighted by Gasteiger charge is 2.46. The van der Waals surface area contributed by atoms with Crippen molar-refractivity contribution < 1.29 is 32.4 Å². The van der Waals surface area contributed by atoms with E-state index in [9.17, 15) is 17.8 Å². The van der Waals surface area contributed by atoms with Crippen LogP contribution in [0.25, 0.3) is 0 Å². The number of hydrogen-bond donors (Lipinski definition) is 2. The third-order valence-corrected chi connectivity index (χ3v) is 6.18. The van der Waals surface area contributed by atoms with Crippen molar-refractivity contribution in [3.8, 4) is 11.5 Å². The topological polar surface area (TPSA) is 129 Å². The van der Waals surface area contributed by atoms with Gasteiger partial charge in [-0.1, -0.05) is 27.7 Å². The largest absolute Gasteiger partial charge is 0.586 e. The number of halogens is 2. The van der Waals surface area contributed by atoms with E-state index in [1.165, 1.54) is 23.0 Å². The molecule has 1 aliphatic heterocycles. The lowest BCUT2D eigenvalue weighted by Gasteiger charge is -2.20. The summed E-state index contributed by atoms with van der Waals surface area (Å²) in [6.07, 6.45) is -2.65. The van der Waals surface area contributed by atoms with E-state index in [1.54, 1.807) is 13.8 Å². The molecule has 3 rings (SSSR count). The number of benzene rings is 1. The molecule has 2 aromatic rings. The number of carbonyl (C=O) groups excluding carboxylic acids is 1. The number of nitrogens with two attached hydrogens (primary N) is 1. The van der Waals surface area contributed by atoms with Crippen molar-refractivity contribution in [1.82, 2.24) is 9.78 Å².